The Morgan fingerprint density at radius 1 is 1.31 bits per heavy atom. The van der Waals surface area contributed by atoms with Crippen LogP contribution in [0.3, 0.4) is 0 Å². The Morgan fingerprint density at radius 2 is 2.00 bits per heavy atom. The summed E-state index contributed by atoms with van der Waals surface area (Å²) >= 11 is 0. The minimum Gasteiger partial charge on any atom is -0.464 e. The van der Waals surface area contributed by atoms with E-state index in [0.717, 1.165) is 12.1 Å². The molecule has 1 aromatic carbocycles. The van der Waals surface area contributed by atoms with Crippen LogP contribution in [0.15, 0.2) is 24.3 Å². The summed E-state index contributed by atoms with van der Waals surface area (Å²) in [4.78, 5) is 11.0. The molecule has 0 bridgehead atoms. The molecule has 0 aliphatic carbocycles. The third kappa shape index (κ3) is 4.82. The summed E-state index contributed by atoms with van der Waals surface area (Å²) in [5.41, 5.74) is 2.29. The number of rotatable bonds is 6. The lowest BCUT2D eigenvalue weighted by molar-refractivity contribution is -0.143. The highest BCUT2D eigenvalue weighted by molar-refractivity contribution is 5.69. The summed E-state index contributed by atoms with van der Waals surface area (Å²) in [5.74, 6) is -0.117. The van der Waals surface area contributed by atoms with Crippen molar-refractivity contribution in [2.45, 2.75) is 26.7 Å². The first-order valence-corrected chi connectivity index (χ1v) is 5.68. The molecule has 0 unspecified atom stereocenters. The number of benzene rings is 1. The highest BCUT2D eigenvalue weighted by Gasteiger charge is 1.99. The summed E-state index contributed by atoms with van der Waals surface area (Å²) < 4.78 is 5.03. The zero-order valence-corrected chi connectivity index (χ0v) is 9.95. The van der Waals surface area contributed by atoms with Crippen LogP contribution < -0.4 is 5.32 Å². The van der Waals surface area contributed by atoms with Gasteiger partial charge in [-0.3, -0.25) is 4.79 Å². The van der Waals surface area contributed by atoms with Crippen LogP contribution in [0, 0.1) is 6.92 Å². The van der Waals surface area contributed by atoms with Gasteiger partial charge in [-0.2, -0.15) is 0 Å². The van der Waals surface area contributed by atoms with Gasteiger partial charge >= 0.3 is 5.97 Å². The van der Waals surface area contributed by atoms with Crippen molar-refractivity contribution in [3.8, 4) is 0 Å². The maximum atomic E-state index is 11.0. The summed E-state index contributed by atoms with van der Waals surface area (Å²) in [6.07, 6.45) is 1.34. The number of aryl methyl sites for hydroxylation is 1. The second kappa shape index (κ2) is 6.88. The van der Waals surface area contributed by atoms with E-state index in [-0.39, 0.29) is 5.97 Å². The zero-order chi connectivity index (χ0) is 11.8. The molecule has 1 N–H and O–H groups in total. The molecule has 0 amide bonds. The van der Waals surface area contributed by atoms with Crippen LogP contribution in [0.1, 0.15) is 25.3 Å². The van der Waals surface area contributed by atoms with Crippen molar-refractivity contribution in [2.75, 3.05) is 18.5 Å². The van der Waals surface area contributed by atoms with E-state index in [1.54, 1.807) is 0 Å². The minimum atomic E-state index is -0.117. The average molecular weight is 221 g/mol. The number of nitrogens with one attached hydrogen (secondary N) is 1. The standard InChI is InChI=1S/C13H19NO2/c1-3-4-13(15)16-10-9-14-12-7-5-11(2)6-8-12/h5-8,14H,3-4,9-10H2,1-2H3. The molecule has 0 atom stereocenters. The van der Waals surface area contributed by atoms with Crippen LogP contribution in [0.25, 0.3) is 0 Å². The fourth-order valence-electron chi connectivity index (χ4n) is 1.31. The van der Waals surface area contributed by atoms with Gasteiger partial charge in [0.25, 0.3) is 0 Å². The zero-order valence-electron chi connectivity index (χ0n) is 9.95. The summed E-state index contributed by atoms with van der Waals surface area (Å²) in [6.45, 7) is 5.09. The van der Waals surface area contributed by atoms with Gasteiger partial charge in [0.15, 0.2) is 0 Å². The van der Waals surface area contributed by atoms with E-state index in [0.29, 0.717) is 19.6 Å². The normalized spacial score (nSPS) is 9.88. The van der Waals surface area contributed by atoms with Crippen LogP contribution >= 0.6 is 0 Å². The van der Waals surface area contributed by atoms with Crippen LogP contribution in [0.5, 0.6) is 0 Å². The van der Waals surface area contributed by atoms with Crippen LogP contribution in [-0.2, 0) is 9.53 Å². The van der Waals surface area contributed by atoms with Crippen LogP contribution in [0.4, 0.5) is 5.69 Å². The monoisotopic (exact) mass is 221 g/mol. The molecule has 0 aliphatic heterocycles. The van der Waals surface area contributed by atoms with Crippen molar-refractivity contribution < 1.29 is 9.53 Å². The molecule has 0 spiro atoms. The molecule has 3 heteroatoms. The van der Waals surface area contributed by atoms with E-state index < -0.39 is 0 Å². The lowest BCUT2D eigenvalue weighted by Crippen LogP contribution is -2.13. The minimum absolute atomic E-state index is 0.117. The molecule has 0 saturated carbocycles. The van der Waals surface area contributed by atoms with E-state index in [4.69, 9.17) is 4.74 Å². The second-order valence-corrected chi connectivity index (χ2v) is 3.76. The number of hydrogen-bond acceptors (Lipinski definition) is 3. The molecule has 0 heterocycles. The molecular weight excluding hydrogens is 202 g/mol. The van der Waals surface area contributed by atoms with Gasteiger partial charge in [-0.25, -0.2) is 0 Å². The van der Waals surface area contributed by atoms with Gasteiger partial charge in [-0.1, -0.05) is 24.6 Å². The number of carbonyl (C=O) groups is 1. The third-order valence-electron chi connectivity index (χ3n) is 2.20. The van der Waals surface area contributed by atoms with Crippen molar-refractivity contribution in [2.24, 2.45) is 0 Å². The molecule has 0 radical (unpaired) electrons. The van der Waals surface area contributed by atoms with E-state index in [1.807, 2.05) is 31.2 Å². The predicted octanol–water partition coefficient (Wildman–Crippen LogP) is 2.75. The van der Waals surface area contributed by atoms with Crippen molar-refractivity contribution >= 4 is 11.7 Å². The number of ether oxygens (including phenoxy) is 1. The van der Waals surface area contributed by atoms with E-state index in [9.17, 15) is 4.79 Å². The lowest BCUT2D eigenvalue weighted by atomic mass is 10.2. The first-order chi connectivity index (χ1) is 7.72. The van der Waals surface area contributed by atoms with Gasteiger partial charge in [0.1, 0.15) is 6.61 Å². The van der Waals surface area contributed by atoms with E-state index in [2.05, 4.69) is 12.2 Å². The molecule has 0 aliphatic rings. The molecule has 0 aromatic heterocycles. The largest absolute Gasteiger partial charge is 0.464 e. The van der Waals surface area contributed by atoms with Gasteiger partial charge in [-0.05, 0) is 25.5 Å². The molecule has 0 saturated heterocycles. The summed E-state index contributed by atoms with van der Waals surface area (Å²) in [5, 5.41) is 3.19. The second-order valence-electron chi connectivity index (χ2n) is 3.76. The molecule has 0 fully saturated rings. The van der Waals surface area contributed by atoms with Crippen molar-refractivity contribution in [1.29, 1.82) is 0 Å². The van der Waals surface area contributed by atoms with Crippen molar-refractivity contribution in [3.63, 3.8) is 0 Å². The highest BCUT2D eigenvalue weighted by atomic mass is 16.5. The first kappa shape index (κ1) is 12.6. The van der Waals surface area contributed by atoms with Gasteiger partial charge in [0.05, 0.1) is 0 Å². The quantitative estimate of drug-likeness (QED) is 0.593. The Hall–Kier alpha value is -1.51. The van der Waals surface area contributed by atoms with Crippen LogP contribution in [0.2, 0.25) is 0 Å². The third-order valence-corrected chi connectivity index (χ3v) is 2.20. The molecule has 1 aromatic rings. The molecule has 1 rings (SSSR count). The van der Waals surface area contributed by atoms with Gasteiger partial charge < -0.3 is 10.1 Å². The first-order valence-electron chi connectivity index (χ1n) is 5.68. The fraction of sp³-hybridized carbons (Fsp3) is 0.462. The Morgan fingerprint density at radius 3 is 2.62 bits per heavy atom. The Labute approximate surface area is 96.8 Å². The lowest BCUT2D eigenvalue weighted by Gasteiger charge is -2.07. The average Bonchev–Trinajstić information content (AvgIpc) is 2.27. The van der Waals surface area contributed by atoms with Crippen LogP contribution in [-0.4, -0.2) is 19.1 Å². The molecular formula is C13H19NO2. The van der Waals surface area contributed by atoms with E-state index >= 15 is 0 Å². The summed E-state index contributed by atoms with van der Waals surface area (Å²) in [7, 11) is 0. The Kier molecular flexibility index (Phi) is 5.40. The smallest absolute Gasteiger partial charge is 0.305 e. The molecule has 3 nitrogen and oxygen atoms in total. The predicted molar refractivity (Wildman–Crippen MR) is 65.5 cm³/mol. The van der Waals surface area contributed by atoms with Gasteiger partial charge in [-0.15, -0.1) is 0 Å². The van der Waals surface area contributed by atoms with Crippen molar-refractivity contribution in [1.82, 2.24) is 0 Å². The van der Waals surface area contributed by atoms with Gasteiger partial charge in [0, 0.05) is 18.7 Å². The van der Waals surface area contributed by atoms with Crippen molar-refractivity contribution in [3.05, 3.63) is 29.8 Å². The Balaban J connectivity index is 2.16. The Bertz CT molecular complexity index is 319. The van der Waals surface area contributed by atoms with Gasteiger partial charge in [0.2, 0.25) is 0 Å². The number of carbonyl (C=O) groups excluding carboxylic acids is 1. The topological polar surface area (TPSA) is 38.3 Å². The van der Waals surface area contributed by atoms with E-state index in [1.165, 1.54) is 5.56 Å². The fourth-order valence-corrected chi connectivity index (χ4v) is 1.31. The maximum absolute atomic E-state index is 11.0. The maximum Gasteiger partial charge on any atom is 0.305 e. The summed E-state index contributed by atoms with van der Waals surface area (Å²) in [6, 6.07) is 8.13. The molecule has 16 heavy (non-hydrogen) atoms. The number of anilines is 1. The highest BCUT2D eigenvalue weighted by Crippen LogP contribution is 2.07. The molecule has 88 valence electrons. The number of hydrogen-bond donors (Lipinski definition) is 1. The number of esters is 1. The SMILES string of the molecule is CCCC(=O)OCCNc1ccc(C)cc1.